The van der Waals surface area contributed by atoms with Gasteiger partial charge in [0, 0.05) is 19.8 Å². The van der Waals surface area contributed by atoms with Crippen molar-refractivity contribution < 1.29 is 17.6 Å². The number of carbonyl (C=O) groups excluding carboxylic acids is 1. The van der Waals surface area contributed by atoms with Crippen LogP contribution in [-0.4, -0.2) is 41.5 Å². The zero-order chi connectivity index (χ0) is 22.8. The standard InChI is InChI=1S/C20H23FN4O4S2/c1-24-16-9-8-13(12-17(16)25(2)20(24)27)22-19(26)15(10-11-30-3)23-31(28,29)18-7-5-4-6-14(18)21/h4-9,12,15,23H,10-11H2,1-3H3,(H,22,26). The molecule has 0 saturated carbocycles. The van der Waals surface area contributed by atoms with Crippen LogP contribution in [0.3, 0.4) is 0 Å². The molecule has 0 aliphatic carbocycles. The Morgan fingerprint density at radius 1 is 1.13 bits per heavy atom. The molecule has 0 aliphatic heterocycles. The lowest BCUT2D eigenvalue weighted by molar-refractivity contribution is -0.117. The van der Waals surface area contributed by atoms with Crippen LogP contribution in [0.5, 0.6) is 0 Å². The highest BCUT2D eigenvalue weighted by atomic mass is 32.2. The number of fused-ring (bicyclic) bond motifs is 1. The van der Waals surface area contributed by atoms with E-state index in [0.717, 1.165) is 12.1 Å². The van der Waals surface area contributed by atoms with E-state index in [0.29, 0.717) is 22.5 Å². The molecular weight excluding hydrogens is 443 g/mol. The van der Waals surface area contributed by atoms with Crippen LogP contribution in [0, 0.1) is 5.82 Å². The number of hydrogen-bond donors (Lipinski definition) is 2. The molecule has 11 heteroatoms. The minimum absolute atomic E-state index is 0.200. The first-order chi connectivity index (χ1) is 14.7. The zero-order valence-corrected chi connectivity index (χ0v) is 18.9. The van der Waals surface area contributed by atoms with Gasteiger partial charge in [-0.1, -0.05) is 12.1 Å². The van der Waals surface area contributed by atoms with Gasteiger partial charge in [-0.05, 0) is 48.8 Å². The van der Waals surface area contributed by atoms with E-state index < -0.39 is 32.7 Å². The summed E-state index contributed by atoms with van der Waals surface area (Å²) in [6, 6.07) is 8.87. The number of hydrogen-bond acceptors (Lipinski definition) is 5. The van der Waals surface area contributed by atoms with E-state index >= 15 is 0 Å². The fraction of sp³-hybridized carbons (Fsp3) is 0.300. The second-order valence-corrected chi connectivity index (χ2v) is 9.65. The van der Waals surface area contributed by atoms with Gasteiger partial charge in [0.15, 0.2) is 0 Å². The molecule has 8 nitrogen and oxygen atoms in total. The summed E-state index contributed by atoms with van der Waals surface area (Å²) in [5.41, 5.74) is 1.54. The molecule has 0 fully saturated rings. The molecule has 1 unspecified atom stereocenters. The van der Waals surface area contributed by atoms with E-state index in [1.807, 2.05) is 6.26 Å². The molecule has 0 saturated heterocycles. The number of amides is 1. The van der Waals surface area contributed by atoms with Crippen molar-refractivity contribution in [2.75, 3.05) is 17.3 Å². The average molecular weight is 467 g/mol. The number of nitrogens with zero attached hydrogens (tertiary/aromatic N) is 2. The van der Waals surface area contributed by atoms with Crippen molar-refractivity contribution in [2.24, 2.45) is 14.1 Å². The van der Waals surface area contributed by atoms with Gasteiger partial charge in [0.1, 0.15) is 16.8 Å². The Morgan fingerprint density at radius 3 is 2.48 bits per heavy atom. The number of rotatable bonds is 8. The fourth-order valence-corrected chi connectivity index (χ4v) is 4.99. The van der Waals surface area contributed by atoms with Crippen LogP contribution in [0.4, 0.5) is 10.1 Å². The minimum Gasteiger partial charge on any atom is -0.325 e. The number of aromatic nitrogens is 2. The molecule has 1 aromatic heterocycles. The maximum atomic E-state index is 14.0. The molecule has 1 atom stereocenters. The Morgan fingerprint density at radius 2 is 1.81 bits per heavy atom. The highest BCUT2D eigenvalue weighted by molar-refractivity contribution is 7.98. The SMILES string of the molecule is CSCCC(NS(=O)(=O)c1ccccc1F)C(=O)Nc1ccc2c(c1)n(C)c(=O)n2C. The summed E-state index contributed by atoms with van der Waals surface area (Å²) in [4.78, 5) is 24.5. The van der Waals surface area contributed by atoms with Crippen molar-refractivity contribution in [3.63, 3.8) is 0 Å². The molecule has 3 rings (SSSR count). The molecule has 2 N–H and O–H groups in total. The van der Waals surface area contributed by atoms with Crippen LogP contribution in [0.1, 0.15) is 6.42 Å². The number of thioether (sulfide) groups is 1. The number of sulfonamides is 1. The minimum atomic E-state index is -4.25. The van der Waals surface area contributed by atoms with Gasteiger partial charge >= 0.3 is 5.69 Å². The molecule has 0 bridgehead atoms. The lowest BCUT2D eigenvalue weighted by Gasteiger charge is -2.18. The summed E-state index contributed by atoms with van der Waals surface area (Å²) in [5.74, 6) is -0.951. The molecular formula is C20H23FN4O4S2. The van der Waals surface area contributed by atoms with Crippen molar-refractivity contribution in [2.45, 2.75) is 17.4 Å². The molecule has 0 aliphatic rings. The van der Waals surface area contributed by atoms with Crippen molar-refractivity contribution >= 4 is 44.4 Å². The normalized spacial score (nSPS) is 12.8. The molecule has 0 radical (unpaired) electrons. The Balaban J connectivity index is 1.86. The third-order valence-electron chi connectivity index (χ3n) is 4.89. The highest BCUT2D eigenvalue weighted by Crippen LogP contribution is 2.19. The smallest absolute Gasteiger partial charge is 0.325 e. The molecule has 31 heavy (non-hydrogen) atoms. The number of benzene rings is 2. The summed E-state index contributed by atoms with van der Waals surface area (Å²) in [5, 5.41) is 2.69. The maximum Gasteiger partial charge on any atom is 0.328 e. The number of imidazole rings is 1. The molecule has 3 aromatic rings. The number of aryl methyl sites for hydroxylation is 2. The topological polar surface area (TPSA) is 102 Å². The van der Waals surface area contributed by atoms with Gasteiger partial charge in [0.2, 0.25) is 15.9 Å². The van der Waals surface area contributed by atoms with Gasteiger partial charge in [0.25, 0.3) is 0 Å². The number of anilines is 1. The second kappa shape index (κ2) is 9.25. The summed E-state index contributed by atoms with van der Waals surface area (Å²) in [7, 11) is -0.969. The van der Waals surface area contributed by atoms with Crippen molar-refractivity contribution in [3.05, 3.63) is 58.8 Å². The molecule has 166 valence electrons. The summed E-state index contributed by atoms with van der Waals surface area (Å²) >= 11 is 1.46. The summed E-state index contributed by atoms with van der Waals surface area (Å²) in [6.45, 7) is 0. The molecule has 1 heterocycles. The Labute approximate surface area is 183 Å². The van der Waals surface area contributed by atoms with E-state index in [1.165, 1.54) is 33.0 Å². The van der Waals surface area contributed by atoms with Crippen LogP contribution in [0.25, 0.3) is 11.0 Å². The van der Waals surface area contributed by atoms with Gasteiger partial charge in [-0.2, -0.15) is 16.5 Å². The zero-order valence-electron chi connectivity index (χ0n) is 17.3. The second-order valence-electron chi connectivity index (χ2n) is 6.98. The quantitative estimate of drug-likeness (QED) is 0.529. The van der Waals surface area contributed by atoms with Crippen molar-refractivity contribution in [1.29, 1.82) is 0 Å². The summed E-state index contributed by atoms with van der Waals surface area (Å²) in [6.07, 6.45) is 2.05. The van der Waals surface area contributed by atoms with Crippen LogP contribution in [-0.2, 0) is 28.9 Å². The third-order valence-corrected chi connectivity index (χ3v) is 7.04. The van der Waals surface area contributed by atoms with Crippen LogP contribution < -0.4 is 15.7 Å². The molecule has 2 aromatic carbocycles. The van der Waals surface area contributed by atoms with Gasteiger partial charge in [-0.3, -0.25) is 13.9 Å². The first kappa shape index (κ1) is 23.0. The Bertz CT molecular complexity index is 1280. The van der Waals surface area contributed by atoms with Gasteiger partial charge < -0.3 is 5.32 Å². The summed E-state index contributed by atoms with van der Waals surface area (Å²) < 4.78 is 44.6. The van der Waals surface area contributed by atoms with Crippen LogP contribution in [0.15, 0.2) is 52.2 Å². The van der Waals surface area contributed by atoms with E-state index in [-0.39, 0.29) is 12.1 Å². The monoisotopic (exact) mass is 466 g/mol. The van der Waals surface area contributed by atoms with E-state index in [2.05, 4.69) is 10.0 Å². The number of halogens is 1. The van der Waals surface area contributed by atoms with E-state index in [4.69, 9.17) is 0 Å². The van der Waals surface area contributed by atoms with Crippen molar-refractivity contribution in [1.82, 2.24) is 13.9 Å². The Hall–Kier alpha value is -2.63. The number of nitrogens with one attached hydrogen (secondary N) is 2. The maximum absolute atomic E-state index is 14.0. The first-order valence-electron chi connectivity index (χ1n) is 9.38. The van der Waals surface area contributed by atoms with E-state index in [1.54, 1.807) is 32.3 Å². The fourth-order valence-electron chi connectivity index (χ4n) is 3.21. The Kier molecular flexibility index (Phi) is 6.87. The molecule has 0 spiro atoms. The van der Waals surface area contributed by atoms with Gasteiger partial charge in [-0.15, -0.1) is 0 Å². The van der Waals surface area contributed by atoms with Crippen molar-refractivity contribution in [3.8, 4) is 0 Å². The lowest BCUT2D eigenvalue weighted by atomic mass is 10.2. The van der Waals surface area contributed by atoms with E-state index in [9.17, 15) is 22.4 Å². The lowest BCUT2D eigenvalue weighted by Crippen LogP contribution is -2.44. The largest absolute Gasteiger partial charge is 0.328 e. The van der Waals surface area contributed by atoms with Crippen LogP contribution in [0.2, 0.25) is 0 Å². The van der Waals surface area contributed by atoms with Gasteiger partial charge in [-0.25, -0.2) is 17.6 Å². The molecule has 1 amide bonds. The number of carbonyl (C=O) groups is 1. The van der Waals surface area contributed by atoms with Crippen LogP contribution >= 0.6 is 11.8 Å². The predicted octanol–water partition coefficient (Wildman–Crippen LogP) is 2.05. The average Bonchev–Trinajstić information content (AvgIpc) is 2.95. The first-order valence-corrected chi connectivity index (χ1v) is 12.3. The third kappa shape index (κ3) is 4.83. The highest BCUT2D eigenvalue weighted by Gasteiger charge is 2.27. The predicted molar refractivity (Wildman–Crippen MR) is 120 cm³/mol. The van der Waals surface area contributed by atoms with Gasteiger partial charge in [0.05, 0.1) is 11.0 Å².